The summed E-state index contributed by atoms with van der Waals surface area (Å²) in [6.45, 7) is 2.36. The molecule has 2 aliphatic rings. The van der Waals surface area contributed by atoms with Gasteiger partial charge in [0.2, 0.25) is 15.9 Å². The van der Waals surface area contributed by atoms with Crippen LogP contribution in [0.4, 0.5) is 5.69 Å². The topological polar surface area (TPSA) is 75.7 Å². The molecule has 0 spiro atoms. The summed E-state index contributed by atoms with van der Waals surface area (Å²) in [4.78, 5) is 12.6. The highest BCUT2D eigenvalue weighted by Gasteiger charge is 2.46. The first-order valence-electron chi connectivity index (χ1n) is 7.89. The molecular formula is C16H22N2O4S. The van der Waals surface area contributed by atoms with Gasteiger partial charge in [0.25, 0.3) is 0 Å². The number of carbonyl (C=O) groups excluding carboxylic acids is 1. The van der Waals surface area contributed by atoms with Crippen molar-refractivity contribution >= 4 is 21.6 Å². The Morgan fingerprint density at radius 3 is 2.70 bits per heavy atom. The van der Waals surface area contributed by atoms with E-state index in [2.05, 4.69) is 5.32 Å². The Balaban J connectivity index is 1.79. The van der Waals surface area contributed by atoms with E-state index in [-0.39, 0.29) is 11.2 Å². The summed E-state index contributed by atoms with van der Waals surface area (Å²) < 4.78 is 31.6. The maximum atomic E-state index is 12.6. The molecule has 1 aliphatic heterocycles. The maximum Gasteiger partial charge on any atom is 0.242 e. The van der Waals surface area contributed by atoms with Crippen molar-refractivity contribution in [2.75, 3.05) is 19.0 Å². The number of anilines is 1. The number of ether oxygens (including phenoxy) is 1. The van der Waals surface area contributed by atoms with Crippen molar-refractivity contribution in [2.24, 2.45) is 0 Å². The van der Waals surface area contributed by atoms with E-state index in [4.69, 9.17) is 4.74 Å². The highest BCUT2D eigenvalue weighted by atomic mass is 32.2. The van der Waals surface area contributed by atoms with Gasteiger partial charge in [0.05, 0.1) is 18.0 Å². The van der Waals surface area contributed by atoms with Crippen LogP contribution in [0.2, 0.25) is 0 Å². The summed E-state index contributed by atoms with van der Waals surface area (Å²) in [6, 6.07) is 4.89. The Bertz CT molecular complexity index is 713. The molecule has 1 aromatic carbocycles. The van der Waals surface area contributed by atoms with Crippen LogP contribution in [0.25, 0.3) is 0 Å². The number of benzene rings is 1. The van der Waals surface area contributed by atoms with Crippen LogP contribution in [0, 0.1) is 6.92 Å². The van der Waals surface area contributed by atoms with Gasteiger partial charge >= 0.3 is 0 Å². The minimum Gasteiger partial charge on any atom is -0.495 e. The van der Waals surface area contributed by atoms with Gasteiger partial charge in [0.1, 0.15) is 11.8 Å². The van der Waals surface area contributed by atoms with Crippen LogP contribution in [-0.2, 0) is 14.8 Å². The average molecular weight is 338 g/mol. The standard InChI is InChI=1S/C16H22N2O4S/c1-11-5-8-15(22-2)13(10-11)17-16(19)14-4-3-9-18(14)23(20,21)12-6-7-12/h5,8,10,12,14H,3-4,6-7,9H2,1-2H3,(H,17,19)/t14-/m0/s1. The van der Waals surface area contributed by atoms with Crippen LogP contribution in [0.1, 0.15) is 31.2 Å². The molecule has 7 heteroatoms. The number of amides is 1. The summed E-state index contributed by atoms with van der Waals surface area (Å²) in [5.41, 5.74) is 1.57. The number of nitrogens with one attached hydrogen (secondary N) is 1. The maximum absolute atomic E-state index is 12.6. The van der Waals surface area contributed by atoms with Gasteiger partial charge in [0, 0.05) is 6.54 Å². The molecule has 2 fully saturated rings. The van der Waals surface area contributed by atoms with Crippen molar-refractivity contribution in [2.45, 2.75) is 43.9 Å². The van der Waals surface area contributed by atoms with Gasteiger partial charge < -0.3 is 10.1 Å². The summed E-state index contributed by atoms with van der Waals surface area (Å²) in [7, 11) is -1.79. The Morgan fingerprint density at radius 1 is 1.30 bits per heavy atom. The van der Waals surface area contributed by atoms with Crippen molar-refractivity contribution in [1.82, 2.24) is 4.31 Å². The molecule has 0 unspecified atom stereocenters. The molecule has 1 N–H and O–H groups in total. The van der Waals surface area contributed by atoms with Crippen LogP contribution in [-0.4, -0.2) is 43.6 Å². The Hall–Kier alpha value is -1.60. The first kappa shape index (κ1) is 16.3. The number of sulfonamides is 1. The van der Waals surface area contributed by atoms with E-state index in [1.54, 1.807) is 13.2 Å². The number of nitrogens with zero attached hydrogens (tertiary/aromatic N) is 1. The molecule has 1 saturated heterocycles. The number of carbonyl (C=O) groups is 1. The van der Waals surface area contributed by atoms with Gasteiger partial charge in [-0.15, -0.1) is 0 Å². The molecule has 126 valence electrons. The van der Waals surface area contributed by atoms with E-state index in [0.29, 0.717) is 37.2 Å². The average Bonchev–Trinajstić information content (AvgIpc) is 3.25. The van der Waals surface area contributed by atoms with E-state index in [0.717, 1.165) is 12.0 Å². The number of aryl methyl sites for hydroxylation is 1. The first-order valence-corrected chi connectivity index (χ1v) is 9.40. The monoisotopic (exact) mass is 338 g/mol. The predicted molar refractivity (Wildman–Crippen MR) is 88.0 cm³/mol. The largest absolute Gasteiger partial charge is 0.495 e. The fraction of sp³-hybridized carbons (Fsp3) is 0.562. The van der Waals surface area contributed by atoms with E-state index >= 15 is 0 Å². The highest BCUT2D eigenvalue weighted by Crippen LogP contribution is 2.35. The molecule has 0 aromatic heterocycles. The molecule has 1 amide bonds. The Morgan fingerprint density at radius 2 is 2.04 bits per heavy atom. The third-order valence-corrected chi connectivity index (χ3v) is 6.80. The van der Waals surface area contributed by atoms with Crippen LogP contribution >= 0.6 is 0 Å². The van der Waals surface area contributed by atoms with Crippen molar-refractivity contribution < 1.29 is 17.9 Å². The molecule has 0 bridgehead atoms. The van der Waals surface area contributed by atoms with Gasteiger partial charge in [0.15, 0.2) is 0 Å². The second kappa shape index (κ2) is 6.13. The zero-order valence-corrected chi connectivity index (χ0v) is 14.2. The van der Waals surface area contributed by atoms with Gasteiger partial charge in [-0.2, -0.15) is 4.31 Å². The highest BCUT2D eigenvalue weighted by molar-refractivity contribution is 7.90. The zero-order chi connectivity index (χ0) is 16.6. The third-order valence-electron chi connectivity index (χ3n) is 4.39. The number of hydrogen-bond donors (Lipinski definition) is 1. The van der Waals surface area contributed by atoms with Gasteiger partial charge in [-0.3, -0.25) is 4.79 Å². The fourth-order valence-corrected chi connectivity index (χ4v) is 5.05. The molecule has 1 aromatic rings. The fourth-order valence-electron chi connectivity index (χ4n) is 3.00. The van der Waals surface area contributed by atoms with E-state index in [1.165, 1.54) is 4.31 Å². The second-order valence-corrected chi connectivity index (χ2v) is 8.37. The molecule has 0 radical (unpaired) electrons. The predicted octanol–water partition coefficient (Wildman–Crippen LogP) is 1.90. The van der Waals surface area contributed by atoms with E-state index in [9.17, 15) is 13.2 Å². The summed E-state index contributed by atoms with van der Waals surface area (Å²) >= 11 is 0. The lowest BCUT2D eigenvalue weighted by Gasteiger charge is -2.23. The van der Waals surface area contributed by atoms with Crippen molar-refractivity contribution in [1.29, 1.82) is 0 Å². The molecular weight excluding hydrogens is 316 g/mol. The Labute approximate surface area is 136 Å². The molecule has 1 atom stereocenters. The lowest BCUT2D eigenvalue weighted by molar-refractivity contribution is -0.119. The SMILES string of the molecule is COc1ccc(C)cc1NC(=O)[C@@H]1CCCN1S(=O)(=O)C1CC1. The van der Waals surface area contributed by atoms with Crippen LogP contribution in [0.3, 0.4) is 0 Å². The molecule has 3 rings (SSSR count). The number of hydrogen-bond acceptors (Lipinski definition) is 4. The lowest BCUT2D eigenvalue weighted by Crippen LogP contribution is -2.44. The Kier molecular flexibility index (Phi) is 4.33. The quantitative estimate of drug-likeness (QED) is 0.890. The van der Waals surface area contributed by atoms with Crippen LogP contribution < -0.4 is 10.1 Å². The third kappa shape index (κ3) is 3.21. The summed E-state index contributed by atoms with van der Waals surface area (Å²) in [5.74, 6) is 0.286. The van der Waals surface area contributed by atoms with E-state index in [1.807, 2.05) is 19.1 Å². The summed E-state index contributed by atoms with van der Waals surface area (Å²) in [5, 5.41) is 2.55. The summed E-state index contributed by atoms with van der Waals surface area (Å²) in [6.07, 6.45) is 2.69. The second-order valence-electron chi connectivity index (χ2n) is 6.21. The molecule has 6 nitrogen and oxygen atoms in total. The normalized spacial score (nSPS) is 22.1. The molecule has 23 heavy (non-hydrogen) atoms. The van der Waals surface area contributed by atoms with Gasteiger partial charge in [-0.05, 0) is 50.3 Å². The smallest absolute Gasteiger partial charge is 0.242 e. The molecule has 1 aliphatic carbocycles. The van der Waals surface area contributed by atoms with Crippen LogP contribution in [0.5, 0.6) is 5.75 Å². The molecule has 1 heterocycles. The zero-order valence-electron chi connectivity index (χ0n) is 13.4. The van der Waals surface area contributed by atoms with Gasteiger partial charge in [-0.1, -0.05) is 6.07 Å². The van der Waals surface area contributed by atoms with Crippen molar-refractivity contribution in [3.8, 4) is 5.75 Å². The minimum absolute atomic E-state index is 0.282. The molecule has 1 saturated carbocycles. The number of rotatable bonds is 5. The van der Waals surface area contributed by atoms with Crippen LogP contribution in [0.15, 0.2) is 18.2 Å². The van der Waals surface area contributed by atoms with E-state index < -0.39 is 16.1 Å². The minimum atomic E-state index is -3.33. The number of methoxy groups -OCH3 is 1. The lowest BCUT2D eigenvalue weighted by atomic mass is 10.1. The van der Waals surface area contributed by atoms with Crippen molar-refractivity contribution in [3.05, 3.63) is 23.8 Å². The van der Waals surface area contributed by atoms with Gasteiger partial charge in [-0.25, -0.2) is 8.42 Å². The first-order chi connectivity index (χ1) is 10.9. The van der Waals surface area contributed by atoms with Crippen molar-refractivity contribution in [3.63, 3.8) is 0 Å².